The van der Waals surface area contributed by atoms with Crippen molar-refractivity contribution in [1.82, 2.24) is 24.6 Å². The van der Waals surface area contributed by atoms with Gasteiger partial charge in [0.1, 0.15) is 5.52 Å². The van der Waals surface area contributed by atoms with Crippen molar-refractivity contribution in [2.24, 2.45) is 5.10 Å². The molecule has 186 valence electrons. The van der Waals surface area contributed by atoms with Gasteiger partial charge in [0.05, 0.1) is 29.2 Å². The minimum atomic E-state index is -0.460. The SMILES string of the molecule is CN(/N=C/c1ccc(-c2cccs2)s1)C(=O)c1nn(-c2ccccc2)c(=O)c2c1cnn2-c1ccccc1. The molecule has 1 amide bonds. The van der Waals surface area contributed by atoms with E-state index in [1.807, 2.05) is 72.1 Å². The van der Waals surface area contributed by atoms with Crippen LogP contribution in [0.4, 0.5) is 0 Å². The number of carbonyl (C=O) groups excluding carboxylic acids is 1. The number of amides is 1. The summed E-state index contributed by atoms with van der Waals surface area (Å²) in [6.07, 6.45) is 3.15. The van der Waals surface area contributed by atoms with Crippen molar-refractivity contribution in [2.45, 2.75) is 0 Å². The predicted octanol–water partition coefficient (Wildman–Crippen LogP) is 5.47. The zero-order valence-corrected chi connectivity index (χ0v) is 21.8. The number of para-hydroxylation sites is 2. The highest BCUT2D eigenvalue weighted by Gasteiger charge is 2.24. The normalized spacial score (nSPS) is 11.4. The van der Waals surface area contributed by atoms with Crippen LogP contribution < -0.4 is 5.56 Å². The lowest BCUT2D eigenvalue weighted by molar-refractivity contribution is 0.0794. The number of benzene rings is 2. The third kappa shape index (κ3) is 4.36. The highest BCUT2D eigenvalue weighted by atomic mass is 32.1. The highest BCUT2D eigenvalue weighted by Crippen LogP contribution is 2.31. The summed E-state index contributed by atoms with van der Waals surface area (Å²) in [6.45, 7) is 0. The van der Waals surface area contributed by atoms with Crippen LogP contribution in [0.1, 0.15) is 15.4 Å². The van der Waals surface area contributed by atoms with Crippen LogP contribution in [0.2, 0.25) is 0 Å². The molecule has 6 aromatic rings. The summed E-state index contributed by atoms with van der Waals surface area (Å²) < 4.78 is 2.78. The van der Waals surface area contributed by atoms with Gasteiger partial charge in [0, 0.05) is 21.7 Å². The molecular formula is C28H20N6O2S2. The van der Waals surface area contributed by atoms with E-state index in [9.17, 15) is 9.59 Å². The molecule has 0 spiro atoms. The molecule has 0 bridgehead atoms. The summed E-state index contributed by atoms with van der Waals surface area (Å²) in [5.41, 5.74) is 1.20. The third-order valence-electron chi connectivity index (χ3n) is 5.87. The lowest BCUT2D eigenvalue weighted by Gasteiger charge is -2.13. The molecular weight excluding hydrogens is 516 g/mol. The second kappa shape index (κ2) is 10.0. The Hall–Kier alpha value is -4.67. The monoisotopic (exact) mass is 536 g/mol. The molecule has 0 aliphatic carbocycles. The van der Waals surface area contributed by atoms with Gasteiger partial charge in [0.2, 0.25) is 0 Å². The average Bonchev–Trinajstić information content (AvgIpc) is 3.74. The molecule has 0 unspecified atom stereocenters. The first-order valence-electron chi connectivity index (χ1n) is 11.7. The van der Waals surface area contributed by atoms with Crippen LogP contribution in [0, 0.1) is 0 Å². The molecule has 0 fully saturated rings. The second-order valence-corrected chi connectivity index (χ2v) is 10.4. The number of hydrogen-bond acceptors (Lipinski definition) is 7. The Morgan fingerprint density at radius 2 is 1.61 bits per heavy atom. The van der Waals surface area contributed by atoms with Crippen LogP contribution >= 0.6 is 22.7 Å². The second-order valence-electron chi connectivity index (χ2n) is 8.31. The number of fused-ring (bicyclic) bond motifs is 1. The van der Waals surface area contributed by atoms with E-state index >= 15 is 0 Å². The van der Waals surface area contributed by atoms with Crippen LogP contribution in [-0.4, -0.2) is 43.7 Å². The first-order valence-corrected chi connectivity index (χ1v) is 13.4. The zero-order chi connectivity index (χ0) is 26.1. The van der Waals surface area contributed by atoms with E-state index in [1.54, 1.807) is 48.1 Å². The molecule has 4 aromatic heterocycles. The van der Waals surface area contributed by atoms with E-state index in [0.29, 0.717) is 16.8 Å². The fourth-order valence-corrected chi connectivity index (χ4v) is 5.73. The fourth-order valence-electron chi connectivity index (χ4n) is 4.02. The molecule has 0 atom stereocenters. The molecule has 0 N–H and O–H groups in total. The lowest BCUT2D eigenvalue weighted by Crippen LogP contribution is -2.29. The maximum absolute atomic E-state index is 13.6. The number of hydrazone groups is 1. The third-order valence-corrected chi connectivity index (χ3v) is 7.95. The topological polar surface area (TPSA) is 85.4 Å². The van der Waals surface area contributed by atoms with Crippen molar-refractivity contribution in [3.63, 3.8) is 0 Å². The van der Waals surface area contributed by atoms with E-state index in [2.05, 4.69) is 21.4 Å². The summed E-state index contributed by atoms with van der Waals surface area (Å²) >= 11 is 3.27. The molecule has 0 saturated heterocycles. The van der Waals surface area contributed by atoms with E-state index in [1.165, 1.54) is 25.4 Å². The Balaban J connectivity index is 1.42. The first kappa shape index (κ1) is 23.7. The zero-order valence-electron chi connectivity index (χ0n) is 20.1. The predicted molar refractivity (Wildman–Crippen MR) is 152 cm³/mol. The smallest absolute Gasteiger partial charge is 0.265 e. The Morgan fingerprint density at radius 3 is 2.29 bits per heavy atom. The minimum Gasteiger partial charge on any atom is -0.265 e. The number of nitrogens with zero attached hydrogens (tertiary/aromatic N) is 6. The van der Waals surface area contributed by atoms with E-state index in [0.717, 1.165) is 9.75 Å². The maximum atomic E-state index is 13.6. The molecule has 0 aliphatic heterocycles. The Morgan fingerprint density at radius 1 is 0.895 bits per heavy atom. The number of thiophene rings is 2. The summed E-state index contributed by atoms with van der Waals surface area (Å²) in [7, 11) is 1.57. The summed E-state index contributed by atoms with van der Waals surface area (Å²) in [4.78, 5) is 30.5. The van der Waals surface area contributed by atoms with Gasteiger partial charge in [-0.1, -0.05) is 42.5 Å². The Labute approximate surface area is 225 Å². The number of hydrogen-bond donors (Lipinski definition) is 0. The van der Waals surface area contributed by atoms with Gasteiger partial charge in [0.25, 0.3) is 11.5 Å². The molecule has 0 aliphatic rings. The molecule has 0 saturated carbocycles. The Kier molecular flexibility index (Phi) is 6.24. The van der Waals surface area contributed by atoms with Crippen LogP contribution in [0.15, 0.2) is 106 Å². The average molecular weight is 537 g/mol. The van der Waals surface area contributed by atoms with Gasteiger partial charge < -0.3 is 0 Å². The van der Waals surface area contributed by atoms with Crippen molar-refractivity contribution in [2.75, 3.05) is 7.05 Å². The molecule has 8 nitrogen and oxygen atoms in total. The summed E-state index contributed by atoms with van der Waals surface area (Å²) in [5, 5.41) is 16.9. The van der Waals surface area contributed by atoms with E-state index < -0.39 is 5.91 Å². The van der Waals surface area contributed by atoms with Gasteiger partial charge in [-0.3, -0.25) is 9.59 Å². The van der Waals surface area contributed by atoms with Gasteiger partial charge in [-0.25, -0.2) is 9.69 Å². The van der Waals surface area contributed by atoms with Gasteiger partial charge in [-0.2, -0.15) is 20.0 Å². The summed E-state index contributed by atoms with van der Waals surface area (Å²) in [6, 6.07) is 26.4. The van der Waals surface area contributed by atoms with Crippen LogP contribution in [-0.2, 0) is 0 Å². The fraction of sp³-hybridized carbons (Fsp3) is 0.0357. The van der Waals surface area contributed by atoms with Gasteiger partial charge in [0.15, 0.2) is 5.69 Å². The number of rotatable bonds is 6. The minimum absolute atomic E-state index is 0.0794. The van der Waals surface area contributed by atoms with Crippen molar-refractivity contribution >= 4 is 45.7 Å². The number of carbonyl (C=O) groups is 1. The van der Waals surface area contributed by atoms with Crippen LogP contribution in [0.5, 0.6) is 0 Å². The molecule has 38 heavy (non-hydrogen) atoms. The van der Waals surface area contributed by atoms with Crippen molar-refractivity contribution in [3.8, 4) is 21.1 Å². The first-order chi connectivity index (χ1) is 18.6. The molecule has 6 rings (SSSR count). The largest absolute Gasteiger partial charge is 0.298 e. The van der Waals surface area contributed by atoms with Gasteiger partial charge >= 0.3 is 0 Å². The standard InChI is InChI=1S/C28H20N6O2S2/c1-32(29-17-21-14-15-24(38-21)23-13-8-16-37-23)27(35)25-22-18-30-33(19-9-4-2-5-10-19)26(22)28(36)34(31-25)20-11-6-3-7-12-20/h2-18H,1H3/b29-17+. The quantitative estimate of drug-likeness (QED) is 0.209. The van der Waals surface area contributed by atoms with Crippen molar-refractivity contribution in [3.05, 3.63) is 117 Å². The molecule has 4 heterocycles. The lowest BCUT2D eigenvalue weighted by atomic mass is 10.2. The van der Waals surface area contributed by atoms with Crippen molar-refractivity contribution in [1.29, 1.82) is 0 Å². The van der Waals surface area contributed by atoms with E-state index in [-0.39, 0.29) is 16.8 Å². The Bertz CT molecular complexity index is 1820. The molecule has 10 heteroatoms. The summed E-state index contributed by atoms with van der Waals surface area (Å²) in [5.74, 6) is -0.460. The molecule has 2 aromatic carbocycles. The van der Waals surface area contributed by atoms with Crippen LogP contribution in [0.25, 0.3) is 32.0 Å². The van der Waals surface area contributed by atoms with Gasteiger partial charge in [-0.05, 0) is 47.8 Å². The van der Waals surface area contributed by atoms with Gasteiger partial charge in [-0.15, -0.1) is 22.7 Å². The molecule has 0 radical (unpaired) electrons. The van der Waals surface area contributed by atoms with E-state index in [4.69, 9.17) is 0 Å². The highest BCUT2D eigenvalue weighted by molar-refractivity contribution is 7.22. The maximum Gasteiger partial charge on any atom is 0.298 e. The number of aromatic nitrogens is 4. The van der Waals surface area contributed by atoms with Crippen molar-refractivity contribution < 1.29 is 4.79 Å². The van der Waals surface area contributed by atoms with Crippen LogP contribution in [0.3, 0.4) is 0 Å².